The highest BCUT2D eigenvalue weighted by Crippen LogP contribution is 2.25. The molecule has 0 aliphatic rings. The summed E-state index contributed by atoms with van der Waals surface area (Å²) >= 11 is 0. The quantitative estimate of drug-likeness (QED) is 0.858. The molecule has 0 spiro atoms. The Morgan fingerprint density at radius 1 is 1.44 bits per heavy atom. The number of nitrogens with one attached hydrogen (secondary N) is 1. The second kappa shape index (κ2) is 4.49. The van der Waals surface area contributed by atoms with Crippen LogP contribution in [0.5, 0.6) is 0 Å². The van der Waals surface area contributed by atoms with Crippen LogP contribution < -0.4 is 5.32 Å². The van der Waals surface area contributed by atoms with Gasteiger partial charge >= 0.3 is 0 Å². The number of hydrogen-bond donors (Lipinski definition) is 1. The number of aryl methyl sites for hydroxylation is 1. The highest BCUT2D eigenvalue weighted by Gasteiger charge is 2.17. The van der Waals surface area contributed by atoms with Gasteiger partial charge in [-0.25, -0.2) is 0 Å². The zero-order valence-electron chi connectivity index (χ0n) is 9.65. The number of hydrogen-bond acceptors (Lipinski definition) is 5. The average Bonchev–Trinajstić information content (AvgIpc) is 2.89. The molecule has 0 saturated heterocycles. The molecule has 0 fully saturated rings. The lowest BCUT2D eigenvalue weighted by molar-refractivity contribution is 0.414. The van der Waals surface area contributed by atoms with Gasteiger partial charge in [-0.15, -0.1) is 10.2 Å². The lowest BCUT2D eigenvalue weighted by Crippen LogP contribution is -2.15. The molecule has 1 N–H and O–H groups in total. The Balaban J connectivity index is 2.29. The van der Waals surface area contributed by atoms with Crippen molar-refractivity contribution in [2.45, 2.75) is 26.3 Å². The molecule has 2 heterocycles. The van der Waals surface area contributed by atoms with Gasteiger partial charge in [0.2, 0.25) is 5.89 Å². The summed E-state index contributed by atoms with van der Waals surface area (Å²) in [4.78, 5) is 0. The second-order valence-electron chi connectivity index (χ2n) is 3.59. The number of furan rings is 1. The molecule has 0 bridgehead atoms. The van der Waals surface area contributed by atoms with Crippen LogP contribution in [0, 0.1) is 6.92 Å². The van der Waals surface area contributed by atoms with Crippen LogP contribution >= 0.6 is 0 Å². The standard InChI is InChI=1S/C11H15N3O2/c1-4-9(12-3)11-14-13-10(16-11)8-5-6-15-7(8)2/h5-6,9,12H,4H2,1-3H3. The molecule has 1 unspecified atom stereocenters. The molecule has 0 amide bonds. The Morgan fingerprint density at radius 3 is 2.81 bits per heavy atom. The van der Waals surface area contributed by atoms with Crippen molar-refractivity contribution in [2.75, 3.05) is 7.05 Å². The van der Waals surface area contributed by atoms with Crippen molar-refractivity contribution < 1.29 is 8.83 Å². The van der Waals surface area contributed by atoms with E-state index < -0.39 is 0 Å². The molecule has 0 radical (unpaired) electrons. The van der Waals surface area contributed by atoms with Crippen LogP contribution in [-0.2, 0) is 0 Å². The van der Waals surface area contributed by atoms with E-state index in [1.165, 1.54) is 0 Å². The zero-order chi connectivity index (χ0) is 11.5. The predicted molar refractivity (Wildman–Crippen MR) is 58.8 cm³/mol. The summed E-state index contributed by atoms with van der Waals surface area (Å²) in [6.45, 7) is 3.93. The minimum atomic E-state index is 0.105. The van der Waals surface area contributed by atoms with Gasteiger partial charge in [0.1, 0.15) is 5.76 Å². The van der Waals surface area contributed by atoms with Gasteiger partial charge < -0.3 is 14.2 Å². The Morgan fingerprint density at radius 2 is 2.25 bits per heavy atom. The summed E-state index contributed by atoms with van der Waals surface area (Å²) in [5.74, 6) is 1.91. The molecule has 5 nitrogen and oxygen atoms in total. The van der Waals surface area contributed by atoms with Crippen LogP contribution in [0.4, 0.5) is 0 Å². The largest absolute Gasteiger partial charge is 0.469 e. The number of aromatic nitrogens is 2. The van der Waals surface area contributed by atoms with E-state index in [2.05, 4.69) is 22.4 Å². The maximum atomic E-state index is 5.61. The summed E-state index contributed by atoms with van der Waals surface area (Å²) in [7, 11) is 1.88. The highest BCUT2D eigenvalue weighted by molar-refractivity contribution is 5.54. The van der Waals surface area contributed by atoms with Gasteiger partial charge in [0.15, 0.2) is 0 Å². The Bertz CT molecular complexity index is 457. The fourth-order valence-electron chi connectivity index (χ4n) is 1.59. The molecular weight excluding hydrogens is 206 g/mol. The molecule has 0 aromatic carbocycles. The van der Waals surface area contributed by atoms with Gasteiger partial charge in [0, 0.05) is 0 Å². The lowest BCUT2D eigenvalue weighted by atomic mass is 10.2. The van der Waals surface area contributed by atoms with Gasteiger partial charge in [-0.2, -0.15) is 0 Å². The first-order valence-electron chi connectivity index (χ1n) is 5.31. The number of rotatable bonds is 4. The van der Waals surface area contributed by atoms with Gasteiger partial charge in [-0.05, 0) is 26.5 Å². The average molecular weight is 221 g/mol. The third-order valence-electron chi connectivity index (χ3n) is 2.58. The van der Waals surface area contributed by atoms with Crippen LogP contribution in [0.15, 0.2) is 21.2 Å². The van der Waals surface area contributed by atoms with Crippen LogP contribution in [-0.4, -0.2) is 17.2 Å². The van der Waals surface area contributed by atoms with Crippen molar-refractivity contribution in [1.29, 1.82) is 0 Å². The van der Waals surface area contributed by atoms with Gasteiger partial charge in [-0.3, -0.25) is 0 Å². The fraction of sp³-hybridized carbons (Fsp3) is 0.455. The Kier molecular flexibility index (Phi) is 3.05. The first-order valence-corrected chi connectivity index (χ1v) is 5.31. The molecule has 1 atom stereocenters. The van der Waals surface area contributed by atoms with Crippen LogP contribution in [0.1, 0.15) is 31.0 Å². The van der Waals surface area contributed by atoms with Crippen molar-refractivity contribution in [2.24, 2.45) is 0 Å². The zero-order valence-corrected chi connectivity index (χ0v) is 9.65. The monoisotopic (exact) mass is 221 g/mol. The van der Waals surface area contributed by atoms with E-state index in [9.17, 15) is 0 Å². The van der Waals surface area contributed by atoms with Crippen LogP contribution in [0.2, 0.25) is 0 Å². The SMILES string of the molecule is CCC(NC)c1nnc(-c2ccoc2C)o1. The lowest BCUT2D eigenvalue weighted by Gasteiger charge is -2.06. The Hall–Kier alpha value is -1.62. The fourth-order valence-corrected chi connectivity index (χ4v) is 1.59. The van der Waals surface area contributed by atoms with E-state index in [1.807, 2.05) is 20.0 Å². The van der Waals surface area contributed by atoms with Gasteiger partial charge in [0.25, 0.3) is 5.89 Å². The summed E-state index contributed by atoms with van der Waals surface area (Å²) in [6.07, 6.45) is 2.52. The molecule has 2 rings (SSSR count). The van der Waals surface area contributed by atoms with Crippen molar-refractivity contribution >= 4 is 0 Å². The summed E-state index contributed by atoms with van der Waals surface area (Å²) in [6, 6.07) is 1.93. The molecule has 0 saturated carbocycles. The minimum absolute atomic E-state index is 0.105. The molecule has 0 aliphatic heterocycles. The van der Waals surface area contributed by atoms with Crippen molar-refractivity contribution in [3.8, 4) is 11.5 Å². The van der Waals surface area contributed by atoms with E-state index in [1.54, 1.807) is 6.26 Å². The topological polar surface area (TPSA) is 64.1 Å². The van der Waals surface area contributed by atoms with Crippen molar-refractivity contribution in [3.63, 3.8) is 0 Å². The third kappa shape index (κ3) is 1.86. The smallest absolute Gasteiger partial charge is 0.251 e. The van der Waals surface area contributed by atoms with Gasteiger partial charge in [-0.1, -0.05) is 6.92 Å². The van der Waals surface area contributed by atoms with E-state index >= 15 is 0 Å². The van der Waals surface area contributed by atoms with E-state index in [0.29, 0.717) is 11.8 Å². The molecular formula is C11H15N3O2. The first-order chi connectivity index (χ1) is 7.76. The number of nitrogens with zero attached hydrogens (tertiary/aromatic N) is 2. The predicted octanol–water partition coefficient (Wildman–Crippen LogP) is 2.31. The molecule has 16 heavy (non-hydrogen) atoms. The molecule has 0 aliphatic carbocycles. The molecule has 5 heteroatoms. The van der Waals surface area contributed by atoms with E-state index in [4.69, 9.17) is 8.83 Å². The summed E-state index contributed by atoms with van der Waals surface area (Å²) < 4.78 is 10.8. The first kappa shape index (κ1) is 10.9. The van der Waals surface area contributed by atoms with E-state index in [-0.39, 0.29) is 6.04 Å². The van der Waals surface area contributed by atoms with Crippen molar-refractivity contribution in [3.05, 3.63) is 24.0 Å². The Labute approximate surface area is 93.9 Å². The normalized spacial score (nSPS) is 12.9. The summed E-state index contributed by atoms with van der Waals surface area (Å²) in [5, 5.41) is 11.2. The summed E-state index contributed by atoms with van der Waals surface area (Å²) in [5.41, 5.74) is 0.852. The maximum Gasteiger partial charge on any atom is 0.251 e. The van der Waals surface area contributed by atoms with Gasteiger partial charge in [0.05, 0.1) is 17.9 Å². The van der Waals surface area contributed by atoms with E-state index in [0.717, 1.165) is 17.7 Å². The molecule has 2 aromatic heterocycles. The van der Waals surface area contributed by atoms with Crippen LogP contribution in [0.25, 0.3) is 11.5 Å². The van der Waals surface area contributed by atoms with Crippen molar-refractivity contribution in [1.82, 2.24) is 15.5 Å². The highest BCUT2D eigenvalue weighted by atomic mass is 16.4. The maximum absolute atomic E-state index is 5.61. The molecule has 2 aromatic rings. The van der Waals surface area contributed by atoms with Crippen LogP contribution in [0.3, 0.4) is 0 Å². The third-order valence-corrected chi connectivity index (χ3v) is 2.58. The second-order valence-corrected chi connectivity index (χ2v) is 3.59. The molecule has 86 valence electrons. The minimum Gasteiger partial charge on any atom is -0.469 e.